The van der Waals surface area contributed by atoms with Crippen LogP contribution in [0.3, 0.4) is 0 Å². The Kier molecular flexibility index (Phi) is 7.21. The third kappa shape index (κ3) is 5.12. The Morgan fingerprint density at radius 2 is 0.934 bits per heavy atom. The fourth-order valence-electron chi connectivity index (χ4n) is 9.33. The van der Waals surface area contributed by atoms with Gasteiger partial charge in [-0.25, -0.2) is 15.0 Å². The van der Waals surface area contributed by atoms with Crippen LogP contribution in [-0.4, -0.2) is 19.5 Å². The van der Waals surface area contributed by atoms with Crippen LogP contribution in [0.1, 0.15) is 0 Å². The minimum Gasteiger partial charge on any atom is -0.455 e. The molecular formula is C55H32N4O2. The average Bonchev–Trinajstić information content (AvgIpc) is 4.01. The van der Waals surface area contributed by atoms with Gasteiger partial charge in [-0.1, -0.05) is 146 Å². The van der Waals surface area contributed by atoms with Crippen molar-refractivity contribution in [3.63, 3.8) is 0 Å². The van der Waals surface area contributed by atoms with Crippen molar-refractivity contribution in [2.24, 2.45) is 0 Å². The summed E-state index contributed by atoms with van der Waals surface area (Å²) in [6.45, 7) is 0. The molecule has 0 fully saturated rings. The molecule has 0 radical (unpaired) electrons. The predicted octanol–water partition coefficient (Wildman–Crippen LogP) is 14.6. The van der Waals surface area contributed by atoms with E-state index in [1.54, 1.807) is 0 Å². The quantitative estimate of drug-likeness (QED) is 0.174. The molecule has 0 atom stereocenters. The number of fused-ring (bicyclic) bond motifs is 10. The van der Waals surface area contributed by atoms with Gasteiger partial charge in [-0.05, 0) is 64.9 Å². The molecule has 0 bridgehead atoms. The Labute approximate surface area is 348 Å². The summed E-state index contributed by atoms with van der Waals surface area (Å²) < 4.78 is 15.8. The smallest absolute Gasteiger partial charge is 0.167 e. The summed E-state index contributed by atoms with van der Waals surface area (Å²) >= 11 is 0. The van der Waals surface area contributed by atoms with Crippen LogP contribution >= 0.6 is 0 Å². The standard InChI is InChI=1S/C55H32N4O2/c1-2-16-36(17-3-1)59-46-27-8-6-18-37(46)40-21-10-22-41(50(40)59)39-20-13-29-48-49(39)43-24-12-26-45(52(43)61-48)55-57-53(35-31-30-33-14-4-5-15-34(33)32-35)56-54(58-55)44-25-11-23-42-38-19-7-9-28-47(38)60-51(42)44/h1-32H. The van der Waals surface area contributed by atoms with Crippen LogP contribution < -0.4 is 0 Å². The van der Waals surface area contributed by atoms with Gasteiger partial charge < -0.3 is 13.4 Å². The van der Waals surface area contributed by atoms with Crippen molar-refractivity contribution < 1.29 is 8.83 Å². The van der Waals surface area contributed by atoms with Gasteiger partial charge in [0.1, 0.15) is 22.3 Å². The van der Waals surface area contributed by atoms with Crippen LogP contribution in [0, 0.1) is 0 Å². The molecule has 0 aliphatic carbocycles. The van der Waals surface area contributed by atoms with Gasteiger partial charge in [-0.3, -0.25) is 0 Å². The Balaban J connectivity index is 1.06. The molecule has 0 spiro atoms. The SMILES string of the molecule is c1ccc(-n2c3ccccc3c3cccc(-c4cccc5oc6c(-c7nc(-c8ccc9ccccc9c8)nc(-c8cccc9c8oc8ccccc89)n7)cccc6c45)c32)cc1. The lowest BCUT2D eigenvalue weighted by molar-refractivity contribution is 0.669. The molecule has 0 N–H and O–H groups in total. The zero-order valence-electron chi connectivity index (χ0n) is 32.6. The first-order valence-electron chi connectivity index (χ1n) is 20.4. The second kappa shape index (κ2) is 13.1. The van der Waals surface area contributed by atoms with E-state index >= 15 is 0 Å². The van der Waals surface area contributed by atoms with E-state index in [1.165, 1.54) is 10.8 Å². The lowest BCUT2D eigenvalue weighted by Crippen LogP contribution is -2.00. The summed E-state index contributed by atoms with van der Waals surface area (Å²) in [6, 6.07) is 67.4. The molecule has 0 aliphatic heterocycles. The number of nitrogens with zero attached hydrogens (tertiary/aromatic N) is 4. The Morgan fingerprint density at radius 3 is 1.77 bits per heavy atom. The molecule has 4 heterocycles. The average molecular weight is 781 g/mol. The third-order valence-corrected chi connectivity index (χ3v) is 12.1. The zero-order chi connectivity index (χ0) is 40.0. The monoisotopic (exact) mass is 780 g/mol. The Morgan fingerprint density at radius 1 is 0.361 bits per heavy atom. The Bertz CT molecular complexity index is 3900. The maximum absolute atomic E-state index is 6.92. The van der Waals surface area contributed by atoms with Crippen molar-refractivity contribution >= 4 is 76.5 Å². The first kappa shape index (κ1) is 33.6. The van der Waals surface area contributed by atoms with E-state index in [0.717, 1.165) is 93.6 Å². The fourth-order valence-corrected chi connectivity index (χ4v) is 9.33. The van der Waals surface area contributed by atoms with Gasteiger partial charge in [-0.15, -0.1) is 0 Å². The van der Waals surface area contributed by atoms with E-state index in [2.05, 4.69) is 162 Å². The van der Waals surface area contributed by atoms with E-state index < -0.39 is 0 Å². The van der Waals surface area contributed by atoms with E-state index in [-0.39, 0.29) is 0 Å². The van der Waals surface area contributed by atoms with Crippen molar-refractivity contribution in [3.8, 4) is 51.0 Å². The van der Waals surface area contributed by atoms with Crippen LogP contribution in [0.5, 0.6) is 0 Å². The molecule has 0 unspecified atom stereocenters. The molecule has 0 amide bonds. The number of benzene rings is 9. The molecule has 61 heavy (non-hydrogen) atoms. The van der Waals surface area contributed by atoms with Gasteiger partial charge in [0.2, 0.25) is 0 Å². The second-order valence-corrected chi connectivity index (χ2v) is 15.5. The number of hydrogen-bond donors (Lipinski definition) is 0. The summed E-state index contributed by atoms with van der Waals surface area (Å²) in [6.07, 6.45) is 0. The van der Waals surface area contributed by atoms with Gasteiger partial charge >= 0.3 is 0 Å². The zero-order valence-corrected chi connectivity index (χ0v) is 32.6. The van der Waals surface area contributed by atoms with Crippen molar-refractivity contribution in [3.05, 3.63) is 194 Å². The van der Waals surface area contributed by atoms with Crippen LogP contribution in [0.2, 0.25) is 0 Å². The molecular weight excluding hydrogens is 749 g/mol. The largest absolute Gasteiger partial charge is 0.455 e. The van der Waals surface area contributed by atoms with Crippen LogP contribution in [-0.2, 0) is 0 Å². The highest BCUT2D eigenvalue weighted by Gasteiger charge is 2.23. The second-order valence-electron chi connectivity index (χ2n) is 15.5. The number of para-hydroxylation sites is 6. The summed E-state index contributed by atoms with van der Waals surface area (Å²) in [5.74, 6) is 1.60. The molecule has 13 aromatic rings. The Hall–Kier alpha value is -8.35. The topological polar surface area (TPSA) is 69.9 Å². The van der Waals surface area contributed by atoms with Gasteiger partial charge in [0.15, 0.2) is 17.5 Å². The van der Waals surface area contributed by atoms with Crippen molar-refractivity contribution in [2.45, 2.75) is 0 Å². The minimum absolute atomic E-state index is 0.513. The summed E-state index contributed by atoms with van der Waals surface area (Å²) in [5.41, 5.74) is 11.1. The van der Waals surface area contributed by atoms with Crippen molar-refractivity contribution in [1.29, 1.82) is 0 Å². The van der Waals surface area contributed by atoms with Gasteiger partial charge in [0, 0.05) is 49.1 Å². The molecule has 13 rings (SSSR count). The maximum atomic E-state index is 6.92. The van der Waals surface area contributed by atoms with Gasteiger partial charge in [0.25, 0.3) is 0 Å². The van der Waals surface area contributed by atoms with Gasteiger partial charge in [-0.2, -0.15) is 0 Å². The molecule has 0 aliphatic rings. The van der Waals surface area contributed by atoms with Crippen LogP contribution in [0.4, 0.5) is 0 Å². The highest BCUT2D eigenvalue weighted by atomic mass is 16.3. The number of furan rings is 2. The minimum atomic E-state index is 0.513. The number of hydrogen-bond acceptors (Lipinski definition) is 5. The molecule has 9 aromatic carbocycles. The predicted molar refractivity (Wildman–Crippen MR) is 248 cm³/mol. The normalized spacial score (nSPS) is 11.9. The molecule has 0 saturated heterocycles. The fraction of sp³-hybridized carbons (Fsp3) is 0. The number of aromatic nitrogens is 4. The van der Waals surface area contributed by atoms with E-state index in [0.29, 0.717) is 23.1 Å². The first-order chi connectivity index (χ1) is 30.2. The lowest BCUT2D eigenvalue weighted by atomic mass is 9.96. The van der Waals surface area contributed by atoms with E-state index in [4.69, 9.17) is 23.8 Å². The highest BCUT2D eigenvalue weighted by Crippen LogP contribution is 2.45. The van der Waals surface area contributed by atoms with Crippen LogP contribution in [0.15, 0.2) is 203 Å². The molecule has 0 saturated carbocycles. The molecule has 6 heteroatoms. The van der Waals surface area contributed by atoms with Gasteiger partial charge in [0.05, 0.1) is 22.2 Å². The summed E-state index contributed by atoms with van der Waals surface area (Å²) in [5, 5.41) is 8.74. The van der Waals surface area contributed by atoms with E-state index in [1.807, 2.05) is 36.4 Å². The van der Waals surface area contributed by atoms with Crippen molar-refractivity contribution in [1.82, 2.24) is 19.5 Å². The third-order valence-electron chi connectivity index (χ3n) is 12.1. The first-order valence-corrected chi connectivity index (χ1v) is 20.4. The summed E-state index contributed by atoms with van der Waals surface area (Å²) in [7, 11) is 0. The van der Waals surface area contributed by atoms with Crippen molar-refractivity contribution in [2.75, 3.05) is 0 Å². The van der Waals surface area contributed by atoms with E-state index in [9.17, 15) is 0 Å². The molecule has 284 valence electrons. The molecule has 6 nitrogen and oxygen atoms in total. The molecule has 4 aromatic heterocycles. The van der Waals surface area contributed by atoms with Crippen LogP contribution in [0.25, 0.3) is 127 Å². The summed E-state index contributed by atoms with van der Waals surface area (Å²) in [4.78, 5) is 15.6. The number of rotatable bonds is 5. The maximum Gasteiger partial charge on any atom is 0.167 e. The lowest BCUT2D eigenvalue weighted by Gasteiger charge is -2.12. The highest BCUT2D eigenvalue weighted by molar-refractivity contribution is 6.20.